The molecule has 1 aliphatic heterocycles. The lowest BCUT2D eigenvalue weighted by molar-refractivity contribution is -0.138. The number of aromatic nitrogens is 1. The van der Waals surface area contributed by atoms with Gasteiger partial charge in [0.1, 0.15) is 6.10 Å². The van der Waals surface area contributed by atoms with Crippen molar-refractivity contribution in [2.45, 2.75) is 64.9 Å². The molecule has 1 saturated carbocycles. The summed E-state index contributed by atoms with van der Waals surface area (Å²) in [5.74, 6) is 0.658. The van der Waals surface area contributed by atoms with E-state index in [2.05, 4.69) is 30.9 Å². The third-order valence-electron chi connectivity index (χ3n) is 5.90. The zero-order valence-electron chi connectivity index (χ0n) is 15.8. The fourth-order valence-electron chi connectivity index (χ4n) is 4.23. The average Bonchev–Trinajstić information content (AvgIpc) is 3.11. The number of amides is 1. The summed E-state index contributed by atoms with van der Waals surface area (Å²) >= 11 is 1.65. The van der Waals surface area contributed by atoms with E-state index in [9.17, 15) is 4.79 Å². The zero-order valence-corrected chi connectivity index (χ0v) is 16.6. The van der Waals surface area contributed by atoms with E-state index in [-0.39, 0.29) is 12.0 Å². The van der Waals surface area contributed by atoms with Crippen LogP contribution in [0.4, 0.5) is 0 Å². The predicted molar refractivity (Wildman–Crippen MR) is 106 cm³/mol. The molecule has 1 aromatic heterocycles. The van der Waals surface area contributed by atoms with Crippen LogP contribution in [0.25, 0.3) is 10.2 Å². The molecule has 2 heterocycles. The van der Waals surface area contributed by atoms with Gasteiger partial charge in [-0.25, -0.2) is 4.98 Å². The number of carbonyl (C=O) groups excluding carboxylic acids is 1. The minimum Gasteiger partial charge on any atom is -0.467 e. The lowest BCUT2D eigenvalue weighted by Crippen LogP contribution is -2.44. The molecule has 4 nitrogen and oxygen atoms in total. The molecule has 0 atom stereocenters. The highest BCUT2D eigenvalue weighted by Gasteiger charge is 2.30. The molecule has 0 spiro atoms. The molecule has 140 valence electrons. The molecule has 0 bridgehead atoms. The van der Waals surface area contributed by atoms with E-state index in [0.717, 1.165) is 49.5 Å². The standard InChI is InChI=1S/C21H28N2O2S/c1-14-8-9-15(2)19-18(14)22-21(26-19)25-17-10-12-23(13-11-17)20(24)16-6-4-3-5-7-16/h8-9,16-17H,3-7,10-13H2,1-2H3. The number of rotatable bonds is 3. The summed E-state index contributed by atoms with van der Waals surface area (Å²) in [7, 11) is 0. The summed E-state index contributed by atoms with van der Waals surface area (Å²) in [5, 5.41) is 0.773. The van der Waals surface area contributed by atoms with Gasteiger partial charge in [-0.2, -0.15) is 0 Å². The molecule has 1 aliphatic carbocycles. The Morgan fingerprint density at radius 1 is 1.08 bits per heavy atom. The number of nitrogens with zero attached hydrogens (tertiary/aromatic N) is 2. The first-order valence-corrected chi connectivity index (χ1v) is 10.8. The topological polar surface area (TPSA) is 42.4 Å². The Bertz CT molecular complexity index is 748. The van der Waals surface area contributed by atoms with Crippen LogP contribution in [0.15, 0.2) is 12.1 Å². The number of thiazole rings is 1. The largest absolute Gasteiger partial charge is 0.467 e. The predicted octanol–water partition coefficient (Wildman–Crippen LogP) is 4.86. The minimum atomic E-state index is 0.173. The summed E-state index contributed by atoms with van der Waals surface area (Å²) in [5.41, 5.74) is 3.52. The number of hydrogen-bond acceptors (Lipinski definition) is 4. The number of ether oxygens (including phenoxy) is 1. The fourth-order valence-corrected chi connectivity index (χ4v) is 5.26. The van der Waals surface area contributed by atoms with Gasteiger partial charge in [0.25, 0.3) is 5.19 Å². The van der Waals surface area contributed by atoms with E-state index in [4.69, 9.17) is 9.72 Å². The van der Waals surface area contributed by atoms with Gasteiger partial charge >= 0.3 is 0 Å². The molecule has 1 amide bonds. The van der Waals surface area contributed by atoms with Gasteiger partial charge in [-0.15, -0.1) is 0 Å². The number of benzene rings is 1. The van der Waals surface area contributed by atoms with Crippen molar-refractivity contribution in [1.82, 2.24) is 9.88 Å². The van der Waals surface area contributed by atoms with Crippen LogP contribution in [0.3, 0.4) is 0 Å². The summed E-state index contributed by atoms with van der Waals surface area (Å²) in [6, 6.07) is 4.27. The van der Waals surface area contributed by atoms with E-state index < -0.39 is 0 Å². The van der Waals surface area contributed by atoms with Gasteiger partial charge < -0.3 is 9.64 Å². The first-order valence-electron chi connectivity index (χ1n) is 9.94. The first-order chi connectivity index (χ1) is 12.6. The number of piperidine rings is 1. The van der Waals surface area contributed by atoms with Crippen molar-refractivity contribution in [1.29, 1.82) is 0 Å². The summed E-state index contributed by atoms with van der Waals surface area (Å²) < 4.78 is 7.42. The van der Waals surface area contributed by atoms with Crippen LogP contribution in [0, 0.1) is 19.8 Å². The second kappa shape index (κ2) is 7.55. The average molecular weight is 373 g/mol. The molecular weight excluding hydrogens is 344 g/mol. The quantitative estimate of drug-likeness (QED) is 0.772. The Balaban J connectivity index is 1.36. The van der Waals surface area contributed by atoms with Crippen molar-refractivity contribution >= 4 is 27.5 Å². The molecule has 0 N–H and O–H groups in total. The van der Waals surface area contributed by atoms with Gasteiger partial charge in [0, 0.05) is 31.8 Å². The maximum atomic E-state index is 12.7. The smallest absolute Gasteiger partial charge is 0.274 e. The Morgan fingerprint density at radius 3 is 2.46 bits per heavy atom. The third kappa shape index (κ3) is 3.59. The van der Waals surface area contributed by atoms with Crippen LogP contribution >= 0.6 is 11.3 Å². The maximum absolute atomic E-state index is 12.7. The maximum Gasteiger partial charge on any atom is 0.274 e. The minimum absolute atomic E-state index is 0.173. The third-order valence-corrected chi connectivity index (χ3v) is 6.98. The molecule has 2 fully saturated rings. The molecule has 4 rings (SSSR count). The molecule has 0 unspecified atom stereocenters. The second-order valence-corrected chi connectivity index (χ2v) is 8.80. The molecule has 1 aromatic carbocycles. The summed E-state index contributed by atoms with van der Waals surface area (Å²) in [6.07, 6.45) is 7.88. The number of fused-ring (bicyclic) bond motifs is 1. The van der Waals surface area contributed by atoms with Crippen LogP contribution in [0.1, 0.15) is 56.1 Å². The van der Waals surface area contributed by atoms with Crippen molar-refractivity contribution in [3.8, 4) is 5.19 Å². The summed E-state index contributed by atoms with van der Waals surface area (Å²) in [4.78, 5) is 19.5. The molecule has 5 heteroatoms. The highest BCUT2D eigenvalue weighted by atomic mass is 32.1. The van der Waals surface area contributed by atoms with Crippen molar-refractivity contribution in [2.75, 3.05) is 13.1 Å². The first kappa shape index (κ1) is 17.8. The molecule has 0 radical (unpaired) electrons. The van der Waals surface area contributed by atoms with E-state index in [1.807, 2.05) is 0 Å². The van der Waals surface area contributed by atoms with Gasteiger partial charge in [0.15, 0.2) is 0 Å². The number of likely N-dealkylation sites (tertiary alicyclic amines) is 1. The molecule has 1 saturated heterocycles. The van der Waals surface area contributed by atoms with Gasteiger partial charge in [-0.05, 0) is 37.8 Å². The number of aryl methyl sites for hydroxylation is 2. The Labute approximate surface area is 159 Å². The molecule has 2 aliphatic rings. The van der Waals surface area contributed by atoms with Crippen molar-refractivity contribution < 1.29 is 9.53 Å². The fraction of sp³-hybridized carbons (Fsp3) is 0.619. The lowest BCUT2D eigenvalue weighted by atomic mass is 9.88. The lowest BCUT2D eigenvalue weighted by Gasteiger charge is -2.34. The molecule has 2 aromatic rings. The van der Waals surface area contributed by atoms with Crippen LogP contribution in [0.2, 0.25) is 0 Å². The van der Waals surface area contributed by atoms with Crippen LogP contribution in [-0.4, -0.2) is 35.0 Å². The second-order valence-electron chi connectivity index (χ2n) is 7.83. The molecular formula is C21H28N2O2S. The van der Waals surface area contributed by atoms with Crippen molar-refractivity contribution in [3.63, 3.8) is 0 Å². The van der Waals surface area contributed by atoms with Crippen LogP contribution in [0.5, 0.6) is 5.19 Å². The van der Waals surface area contributed by atoms with E-state index in [0.29, 0.717) is 5.91 Å². The van der Waals surface area contributed by atoms with Crippen LogP contribution in [-0.2, 0) is 4.79 Å². The normalized spacial score (nSPS) is 19.8. The zero-order chi connectivity index (χ0) is 18.1. The van der Waals surface area contributed by atoms with E-state index >= 15 is 0 Å². The highest BCUT2D eigenvalue weighted by molar-refractivity contribution is 7.20. The van der Waals surface area contributed by atoms with Crippen LogP contribution < -0.4 is 4.74 Å². The molecule has 26 heavy (non-hydrogen) atoms. The van der Waals surface area contributed by atoms with Crippen molar-refractivity contribution in [2.24, 2.45) is 5.92 Å². The summed E-state index contributed by atoms with van der Waals surface area (Å²) in [6.45, 7) is 5.87. The SMILES string of the molecule is Cc1ccc(C)c2sc(OC3CCN(C(=O)C4CCCCC4)CC3)nc12. The number of hydrogen-bond donors (Lipinski definition) is 0. The highest BCUT2D eigenvalue weighted by Crippen LogP contribution is 2.34. The number of carbonyl (C=O) groups is 1. The monoisotopic (exact) mass is 372 g/mol. The Morgan fingerprint density at radius 2 is 1.77 bits per heavy atom. The Kier molecular flexibility index (Phi) is 5.16. The van der Waals surface area contributed by atoms with Gasteiger partial charge in [0.05, 0.1) is 10.2 Å². The van der Waals surface area contributed by atoms with Crippen molar-refractivity contribution in [3.05, 3.63) is 23.3 Å². The van der Waals surface area contributed by atoms with Gasteiger partial charge in [-0.3, -0.25) is 4.79 Å². The van der Waals surface area contributed by atoms with Gasteiger partial charge in [-0.1, -0.05) is 42.7 Å². The van der Waals surface area contributed by atoms with E-state index in [1.165, 1.54) is 35.1 Å². The van der Waals surface area contributed by atoms with Gasteiger partial charge in [0.2, 0.25) is 5.91 Å². The Hall–Kier alpha value is -1.62. The van der Waals surface area contributed by atoms with E-state index in [1.54, 1.807) is 11.3 Å².